The van der Waals surface area contributed by atoms with Gasteiger partial charge in [-0.25, -0.2) is 0 Å². The minimum absolute atomic E-state index is 0.564. The van der Waals surface area contributed by atoms with E-state index in [1.165, 1.54) is 54.4 Å². The standard InChI is InChI=1S/C21H28/c1-4-5-6-7-11-18-12-10-13-19(16-18)21-15-9-8-14-20(21)17(2)3/h8-10,12-17H,4-7,11H2,1-3H3. The predicted molar refractivity (Wildman–Crippen MR) is 93.8 cm³/mol. The Hall–Kier alpha value is -1.56. The molecular formula is C21H28. The molecule has 0 aliphatic carbocycles. The molecule has 0 bridgehead atoms. The molecule has 2 aromatic carbocycles. The molecule has 0 nitrogen and oxygen atoms in total. The van der Waals surface area contributed by atoms with Crippen LogP contribution in [0.15, 0.2) is 48.5 Å². The summed E-state index contributed by atoms with van der Waals surface area (Å²) >= 11 is 0. The van der Waals surface area contributed by atoms with E-state index >= 15 is 0 Å². The Morgan fingerprint density at radius 1 is 0.857 bits per heavy atom. The van der Waals surface area contributed by atoms with Crippen LogP contribution in [0.4, 0.5) is 0 Å². The smallest absolute Gasteiger partial charge is 0.0149 e. The highest BCUT2D eigenvalue weighted by atomic mass is 14.1. The molecule has 2 aromatic rings. The number of benzene rings is 2. The molecule has 0 unspecified atom stereocenters. The first-order valence-electron chi connectivity index (χ1n) is 8.40. The third-order valence-corrected chi connectivity index (χ3v) is 4.14. The van der Waals surface area contributed by atoms with Crippen molar-refractivity contribution in [2.45, 2.75) is 58.8 Å². The number of hydrogen-bond donors (Lipinski definition) is 0. The maximum absolute atomic E-state index is 2.38. The van der Waals surface area contributed by atoms with Crippen LogP contribution in [-0.4, -0.2) is 0 Å². The Morgan fingerprint density at radius 3 is 2.43 bits per heavy atom. The Kier molecular flexibility index (Phi) is 6.04. The number of hydrogen-bond acceptors (Lipinski definition) is 0. The van der Waals surface area contributed by atoms with E-state index in [1.807, 2.05) is 0 Å². The van der Waals surface area contributed by atoms with Gasteiger partial charge in [-0.3, -0.25) is 0 Å². The van der Waals surface area contributed by atoms with Crippen LogP contribution in [0.2, 0.25) is 0 Å². The number of rotatable bonds is 7. The van der Waals surface area contributed by atoms with Crippen LogP contribution in [0.5, 0.6) is 0 Å². The molecule has 0 aliphatic heterocycles. The molecule has 0 heteroatoms. The van der Waals surface area contributed by atoms with Crippen molar-refractivity contribution in [2.75, 3.05) is 0 Å². The Morgan fingerprint density at radius 2 is 1.67 bits per heavy atom. The molecule has 0 spiro atoms. The lowest BCUT2D eigenvalue weighted by Crippen LogP contribution is -1.93. The molecule has 0 atom stereocenters. The van der Waals surface area contributed by atoms with Crippen LogP contribution < -0.4 is 0 Å². The quantitative estimate of drug-likeness (QED) is 0.501. The van der Waals surface area contributed by atoms with E-state index in [-0.39, 0.29) is 0 Å². The molecule has 2 rings (SSSR count). The minimum Gasteiger partial charge on any atom is -0.0654 e. The zero-order chi connectivity index (χ0) is 15.1. The van der Waals surface area contributed by atoms with Gasteiger partial charge in [-0.2, -0.15) is 0 Å². The van der Waals surface area contributed by atoms with Crippen LogP contribution in [0.1, 0.15) is 63.5 Å². The van der Waals surface area contributed by atoms with Crippen molar-refractivity contribution in [2.24, 2.45) is 0 Å². The van der Waals surface area contributed by atoms with Crippen molar-refractivity contribution in [1.82, 2.24) is 0 Å². The predicted octanol–water partition coefficient (Wildman–Crippen LogP) is 6.60. The minimum atomic E-state index is 0.564. The second kappa shape index (κ2) is 8.02. The number of aryl methyl sites for hydroxylation is 1. The average molecular weight is 280 g/mol. The van der Waals surface area contributed by atoms with E-state index in [9.17, 15) is 0 Å². The van der Waals surface area contributed by atoms with Gasteiger partial charge in [0.2, 0.25) is 0 Å². The third-order valence-electron chi connectivity index (χ3n) is 4.14. The van der Waals surface area contributed by atoms with Gasteiger partial charge in [0.1, 0.15) is 0 Å². The molecule has 112 valence electrons. The first-order chi connectivity index (χ1) is 10.2. The summed E-state index contributed by atoms with van der Waals surface area (Å²) in [5.41, 5.74) is 5.68. The summed E-state index contributed by atoms with van der Waals surface area (Å²) in [5.74, 6) is 0.564. The van der Waals surface area contributed by atoms with Crippen molar-refractivity contribution in [3.05, 3.63) is 59.7 Å². The van der Waals surface area contributed by atoms with Gasteiger partial charge in [-0.1, -0.05) is 88.6 Å². The highest BCUT2D eigenvalue weighted by molar-refractivity contribution is 5.68. The molecule has 0 saturated heterocycles. The van der Waals surface area contributed by atoms with Crippen LogP contribution >= 0.6 is 0 Å². The molecule has 0 heterocycles. The normalized spacial score (nSPS) is 11.0. The van der Waals surface area contributed by atoms with E-state index in [1.54, 1.807) is 0 Å². The maximum atomic E-state index is 2.38. The molecule has 0 N–H and O–H groups in total. The van der Waals surface area contributed by atoms with E-state index in [4.69, 9.17) is 0 Å². The molecule has 0 aromatic heterocycles. The third kappa shape index (κ3) is 4.46. The fraction of sp³-hybridized carbons (Fsp3) is 0.429. The second-order valence-electron chi connectivity index (χ2n) is 6.25. The topological polar surface area (TPSA) is 0 Å². The fourth-order valence-corrected chi connectivity index (χ4v) is 2.91. The SMILES string of the molecule is CCCCCCc1cccc(-c2ccccc2C(C)C)c1. The lowest BCUT2D eigenvalue weighted by molar-refractivity contribution is 0.667. The first kappa shape index (κ1) is 15.8. The largest absolute Gasteiger partial charge is 0.0654 e. The van der Waals surface area contributed by atoms with Crippen LogP contribution in [0.3, 0.4) is 0 Å². The molecule has 0 aliphatic rings. The summed E-state index contributed by atoms with van der Waals surface area (Å²) in [5, 5.41) is 0. The van der Waals surface area contributed by atoms with Gasteiger partial charge in [-0.15, -0.1) is 0 Å². The molecule has 0 fully saturated rings. The first-order valence-corrected chi connectivity index (χ1v) is 8.40. The van der Waals surface area contributed by atoms with E-state index in [2.05, 4.69) is 69.3 Å². The van der Waals surface area contributed by atoms with Crippen LogP contribution in [0.25, 0.3) is 11.1 Å². The summed E-state index contributed by atoms with van der Waals surface area (Å²) in [6.45, 7) is 6.81. The summed E-state index contributed by atoms with van der Waals surface area (Å²) in [6, 6.07) is 17.9. The zero-order valence-electron chi connectivity index (χ0n) is 13.7. The van der Waals surface area contributed by atoms with Gasteiger partial charge in [0, 0.05) is 0 Å². The molecule has 0 radical (unpaired) electrons. The summed E-state index contributed by atoms with van der Waals surface area (Å²) in [4.78, 5) is 0. The van der Waals surface area contributed by atoms with Gasteiger partial charge in [0.25, 0.3) is 0 Å². The second-order valence-corrected chi connectivity index (χ2v) is 6.25. The fourth-order valence-electron chi connectivity index (χ4n) is 2.91. The summed E-state index contributed by atoms with van der Waals surface area (Å²) in [7, 11) is 0. The monoisotopic (exact) mass is 280 g/mol. The molecule has 0 saturated carbocycles. The van der Waals surface area contributed by atoms with Crippen molar-refractivity contribution >= 4 is 0 Å². The van der Waals surface area contributed by atoms with E-state index < -0.39 is 0 Å². The van der Waals surface area contributed by atoms with Crippen molar-refractivity contribution in [3.63, 3.8) is 0 Å². The van der Waals surface area contributed by atoms with Gasteiger partial charge < -0.3 is 0 Å². The number of unbranched alkanes of at least 4 members (excludes halogenated alkanes) is 3. The van der Waals surface area contributed by atoms with Gasteiger partial charge in [0.15, 0.2) is 0 Å². The van der Waals surface area contributed by atoms with Gasteiger partial charge >= 0.3 is 0 Å². The maximum Gasteiger partial charge on any atom is -0.0149 e. The van der Waals surface area contributed by atoms with Crippen molar-refractivity contribution in [1.29, 1.82) is 0 Å². The van der Waals surface area contributed by atoms with Gasteiger partial charge in [-0.05, 0) is 41.0 Å². The Bertz CT molecular complexity index is 551. The molecular weight excluding hydrogens is 252 g/mol. The zero-order valence-corrected chi connectivity index (χ0v) is 13.7. The Labute approximate surface area is 130 Å². The summed E-state index contributed by atoms with van der Waals surface area (Å²) < 4.78 is 0. The van der Waals surface area contributed by atoms with Crippen molar-refractivity contribution < 1.29 is 0 Å². The van der Waals surface area contributed by atoms with Crippen LogP contribution in [-0.2, 0) is 6.42 Å². The lowest BCUT2D eigenvalue weighted by Gasteiger charge is -2.13. The summed E-state index contributed by atoms with van der Waals surface area (Å²) in [6.07, 6.45) is 6.53. The van der Waals surface area contributed by atoms with Crippen LogP contribution in [0, 0.1) is 0 Å². The average Bonchev–Trinajstić information content (AvgIpc) is 2.52. The Balaban J connectivity index is 2.17. The lowest BCUT2D eigenvalue weighted by atomic mass is 9.91. The van der Waals surface area contributed by atoms with E-state index in [0.29, 0.717) is 5.92 Å². The highest BCUT2D eigenvalue weighted by Gasteiger charge is 2.08. The van der Waals surface area contributed by atoms with Gasteiger partial charge in [0.05, 0.1) is 0 Å². The van der Waals surface area contributed by atoms with Crippen molar-refractivity contribution in [3.8, 4) is 11.1 Å². The molecule has 21 heavy (non-hydrogen) atoms. The molecule has 0 amide bonds. The van der Waals surface area contributed by atoms with E-state index in [0.717, 1.165) is 0 Å². The highest BCUT2D eigenvalue weighted by Crippen LogP contribution is 2.29.